The molecule has 1 N–H and O–H groups in total. The highest BCUT2D eigenvalue weighted by Crippen LogP contribution is 2.36. The van der Waals surface area contributed by atoms with Gasteiger partial charge < -0.3 is 5.32 Å². The second kappa shape index (κ2) is 8.30. The van der Waals surface area contributed by atoms with Crippen LogP contribution in [-0.2, 0) is 16.8 Å². The van der Waals surface area contributed by atoms with E-state index in [1.54, 1.807) is 15.6 Å². The van der Waals surface area contributed by atoms with Gasteiger partial charge in [0.2, 0.25) is 5.91 Å². The molecule has 0 saturated carbocycles. The zero-order valence-corrected chi connectivity index (χ0v) is 20.3. The van der Waals surface area contributed by atoms with Crippen molar-refractivity contribution in [1.29, 1.82) is 0 Å². The van der Waals surface area contributed by atoms with Crippen molar-refractivity contribution in [2.24, 2.45) is 5.92 Å². The summed E-state index contributed by atoms with van der Waals surface area (Å²) < 4.78 is 1.69. The summed E-state index contributed by atoms with van der Waals surface area (Å²) in [7, 11) is 0. The monoisotopic (exact) mass is 444 g/mol. The molecule has 31 heavy (non-hydrogen) atoms. The number of halogens is 1. The van der Waals surface area contributed by atoms with E-state index in [1.165, 1.54) is 0 Å². The second-order valence-electron chi connectivity index (χ2n) is 10.1. The van der Waals surface area contributed by atoms with Crippen molar-refractivity contribution in [3.05, 3.63) is 46.2 Å². The Morgan fingerprint density at radius 2 is 1.97 bits per heavy atom. The van der Waals surface area contributed by atoms with Crippen LogP contribution in [0.2, 0.25) is 5.02 Å². The molecule has 1 aliphatic rings. The lowest BCUT2D eigenvalue weighted by Crippen LogP contribution is -2.64. The Hall–Kier alpha value is -2.34. The first-order chi connectivity index (χ1) is 14.3. The topological polar surface area (TPSA) is 67.2 Å². The lowest BCUT2D eigenvalue weighted by Gasteiger charge is -2.43. The number of fused-ring (bicyclic) bond motifs is 1. The zero-order chi connectivity index (χ0) is 23.1. The van der Waals surface area contributed by atoms with Gasteiger partial charge in [-0.05, 0) is 56.0 Å². The third kappa shape index (κ3) is 4.49. The zero-order valence-electron chi connectivity index (χ0n) is 19.5. The number of aryl methyl sites for hydroxylation is 1. The van der Waals surface area contributed by atoms with Gasteiger partial charge in [-0.3, -0.25) is 19.2 Å². The van der Waals surface area contributed by atoms with Gasteiger partial charge in [-0.15, -0.1) is 0 Å². The van der Waals surface area contributed by atoms with Crippen molar-refractivity contribution in [2.75, 3.05) is 11.4 Å². The summed E-state index contributed by atoms with van der Waals surface area (Å²) in [5.74, 6) is 0.0539. The molecule has 3 rings (SSSR count). The molecule has 1 aliphatic heterocycles. The lowest BCUT2D eigenvalue weighted by atomic mass is 9.91. The number of nitrogens with one attached hydrogen (secondary N) is 1. The van der Waals surface area contributed by atoms with Crippen LogP contribution in [-0.4, -0.2) is 33.7 Å². The van der Waals surface area contributed by atoms with Crippen LogP contribution >= 0.6 is 11.6 Å². The van der Waals surface area contributed by atoms with E-state index in [-0.39, 0.29) is 23.8 Å². The molecule has 168 valence electrons. The number of rotatable bonds is 5. The number of hydrogen-bond acceptors (Lipinski definition) is 3. The first kappa shape index (κ1) is 23.3. The van der Waals surface area contributed by atoms with Crippen molar-refractivity contribution in [3.63, 3.8) is 0 Å². The number of carbonyl (C=O) groups is 2. The molecular formula is C24H33ClN4O2. The van der Waals surface area contributed by atoms with Gasteiger partial charge >= 0.3 is 0 Å². The first-order valence-corrected chi connectivity index (χ1v) is 11.2. The highest BCUT2D eigenvalue weighted by atomic mass is 35.5. The Bertz CT molecular complexity index is 1010. The van der Waals surface area contributed by atoms with Crippen LogP contribution in [0.3, 0.4) is 0 Å². The summed E-state index contributed by atoms with van der Waals surface area (Å²) in [6.45, 7) is 15.0. The quantitative estimate of drug-likeness (QED) is 0.725. The number of carbonyl (C=O) groups excluding carboxylic acids is 2. The van der Waals surface area contributed by atoms with E-state index in [9.17, 15) is 9.59 Å². The van der Waals surface area contributed by atoms with Gasteiger partial charge in [0.05, 0.1) is 12.2 Å². The summed E-state index contributed by atoms with van der Waals surface area (Å²) >= 11 is 6.16. The summed E-state index contributed by atoms with van der Waals surface area (Å²) in [4.78, 5) is 28.8. The number of aromatic nitrogens is 2. The summed E-state index contributed by atoms with van der Waals surface area (Å²) in [5, 5.41) is 8.33. The largest absolute Gasteiger partial charge is 0.354 e. The minimum atomic E-state index is -1.12. The van der Waals surface area contributed by atoms with Crippen molar-refractivity contribution in [1.82, 2.24) is 15.1 Å². The lowest BCUT2D eigenvalue weighted by molar-refractivity contribution is -0.126. The molecule has 0 spiro atoms. The Morgan fingerprint density at radius 1 is 1.29 bits per heavy atom. The van der Waals surface area contributed by atoms with E-state index in [0.29, 0.717) is 28.9 Å². The van der Waals surface area contributed by atoms with Crippen LogP contribution in [0.25, 0.3) is 0 Å². The Balaban J connectivity index is 2.10. The van der Waals surface area contributed by atoms with Gasteiger partial charge in [0.25, 0.3) is 5.91 Å². The van der Waals surface area contributed by atoms with Crippen LogP contribution in [0.1, 0.15) is 69.7 Å². The van der Waals surface area contributed by atoms with Crippen LogP contribution in [0.4, 0.5) is 5.69 Å². The summed E-state index contributed by atoms with van der Waals surface area (Å²) in [5.41, 5.74) is 1.51. The van der Waals surface area contributed by atoms with Crippen molar-refractivity contribution in [3.8, 4) is 0 Å². The predicted molar refractivity (Wildman–Crippen MR) is 125 cm³/mol. The van der Waals surface area contributed by atoms with Gasteiger partial charge in [-0.1, -0.05) is 46.2 Å². The predicted octanol–water partition coefficient (Wildman–Crippen LogP) is 4.72. The molecule has 1 unspecified atom stereocenters. The minimum Gasteiger partial charge on any atom is -0.354 e. The smallest absolute Gasteiger partial charge is 0.277 e. The molecule has 0 fully saturated rings. The van der Waals surface area contributed by atoms with E-state index in [0.717, 1.165) is 17.7 Å². The van der Waals surface area contributed by atoms with E-state index in [4.69, 9.17) is 16.7 Å². The molecule has 6 nitrogen and oxygen atoms in total. The van der Waals surface area contributed by atoms with Gasteiger partial charge in [-0.2, -0.15) is 5.10 Å². The van der Waals surface area contributed by atoms with Crippen molar-refractivity contribution in [2.45, 2.75) is 72.4 Å². The van der Waals surface area contributed by atoms with Gasteiger partial charge in [-0.25, -0.2) is 0 Å². The fourth-order valence-electron chi connectivity index (χ4n) is 3.86. The molecule has 0 saturated heterocycles. The van der Waals surface area contributed by atoms with E-state index in [2.05, 4.69) is 39.9 Å². The first-order valence-electron chi connectivity index (χ1n) is 10.8. The maximum absolute atomic E-state index is 13.7. The van der Waals surface area contributed by atoms with E-state index in [1.807, 2.05) is 32.0 Å². The average molecular weight is 445 g/mol. The molecule has 0 radical (unpaired) electrons. The van der Waals surface area contributed by atoms with Crippen molar-refractivity contribution >= 4 is 29.1 Å². The Kier molecular flexibility index (Phi) is 6.25. The minimum absolute atomic E-state index is 0.186. The van der Waals surface area contributed by atoms with Crippen LogP contribution in [0.15, 0.2) is 24.3 Å². The van der Waals surface area contributed by atoms with Gasteiger partial charge in [0.15, 0.2) is 0 Å². The molecule has 1 atom stereocenters. The second-order valence-corrected chi connectivity index (χ2v) is 10.5. The summed E-state index contributed by atoms with van der Waals surface area (Å²) in [6.07, 6.45) is 0.872. The van der Waals surface area contributed by atoms with Crippen LogP contribution in [0.5, 0.6) is 0 Å². The maximum Gasteiger partial charge on any atom is 0.277 e. The number of hydrogen-bond donors (Lipinski definition) is 1. The third-order valence-corrected chi connectivity index (χ3v) is 6.05. The maximum atomic E-state index is 13.7. The highest BCUT2D eigenvalue weighted by molar-refractivity contribution is 6.30. The molecule has 0 aliphatic carbocycles. The molecule has 7 heteroatoms. The van der Waals surface area contributed by atoms with Crippen LogP contribution < -0.4 is 10.2 Å². The van der Waals surface area contributed by atoms with Gasteiger partial charge in [0.1, 0.15) is 11.2 Å². The number of amides is 2. The molecule has 0 bridgehead atoms. The Labute approximate surface area is 190 Å². The average Bonchev–Trinajstić information content (AvgIpc) is 3.07. The van der Waals surface area contributed by atoms with E-state index >= 15 is 0 Å². The Morgan fingerprint density at radius 3 is 2.55 bits per heavy atom. The highest BCUT2D eigenvalue weighted by Gasteiger charge is 2.49. The van der Waals surface area contributed by atoms with E-state index < -0.39 is 5.54 Å². The standard InChI is InChI=1S/C24H33ClN4O2/c1-15(2)10-11-26-22(31)24(7)14-28-19(13-20(27-28)23(4,5)6)21(30)29(24)18-9-8-17(25)12-16(18)3/h8-9,12-13,15H,10-11,14H2,1-7H3,(H,26,31). The molecule has 2 aromatic rings. The SMILES string of the molecule is Cc1cc(Cl)ccc1N1C(=O)c2cc(C(C)(C)C)nn2CC1(C)C(=O)NCCC(C)C. The van der Waals surface area contributed by atoms with Crippen LogP contribution in [0, 0.1) is 12.8 Å². The number of nitrogens with zero attached hydrogens (tertiary/aromatic N) is 3. The number of benzene rings is 1. The normalized spacial score (nSPS) is 19.0. The third-order valence-electron chi connectivity index (χ3n) is 5.82. The molecule has 2 heterocycles. The molecule has 2 amide bonds. The molecule has 1 aromatic heterocycles. The fraction of sp³-hybridized carbons (Fsp3) is 0.542. The van der Waals surface area contributed by atoms with Crippen molar-refractivity contribution < 1.29 is 9.59 Å². The molecule has 1 aromatic carbocycles. The summed E-state index contributed by atoms with van der Waals surface area (Å²) in [6, 6.07) is 7.22. The number of anilines is 1. The molecular weight excluding hydrogens is 412 g/mol. The van der Waals surface area contributed by atoms with Gasteiger partial charge in [0, 0.05) is 22.7 Å². The fourth-order valence-corrected chi connectivity index (χ4v) is 4.09.